The molecular formula is C20H22F3N5O2. The van der Waals surface area contributed by atoms with Crippen LogP contribution in [0.25, 0.3) is 0 Å². The molecule has 0 saturated heterocycles. The van der Waals surface area contributed by atoms with E-state index in [1.54, 1.807) is 6.20 Å². The normalized spacial score (nSPS) is 12.6. The molecule has 0 radical (unpaired) electrons. The summed E-state index contributed by atoms with van der Waals surface area (Å²) in [5, 5.41) is 11.3. The molecule has 160 valence electrons. The summed E-state index contributed by atoms with van der Waals surface area (Å²) in [5.41, 5.74) is 1.27. The van der Waals surface area contributed by atoms with Crippen molar-refractivity contribution in [1.82, 2.24) is 24.9 Å². The van der Waals surface area contributed by atoms with E-state index in [2.05, 4.69) is 15.5 Å². The number of rotatable bonds is 7. The average molecular weight is 421 g/mol. The molecule has 2 aromatic heterocycles. The predicted molar refractivity (Wildman–Crippen MR) is 103 cm³/mol. The molecule has 0 spiro atoms. The largest absolute Gasteiger partial charge is 0.471 e. The standard InChI is InChI=1S/C20H22F3N5O2/c1-4-28-14(3)17(11-24-28)13(2)25-19(29)18-8-9-27(26-18)12-30-16-7-5-6-15(10-16)20(21,22)23/h5-11,13H,4,12H2,1-3H3,(H,25,29). The van der Waals surface area contributed by atoms with Crippen LogP contribution in [0.5, 0.6) is 5.75 Å². The van der Waals surface area contributed by atoms with Crippen molar-refractivity contribution in [2.45, 2.75) is 46.3 Å². The fraction of sp³-hybridized carbons (Fsp3) is 0.350. The van der Waals surface area contributed by atoms with Gasteiger partial charge in [0.05, 0.1) is 17.8 Å². The van der Waals surface area contributed by atoms with Crippen LogP contribution in [0.2, 0.25) is 0 Å². The third kappa shape index (κ3) is 4.81. The number of halogens is 3. The lowest BCUT2D eigenvalue weighted by molar-refractivity contribution is -0.137. The highest BCUT2D eigenvalue weighted by molar-refractivity contribution is 5.92. The van der Waals surface area contributed by atoms with Gasteiger partial charge >= 0.3 is 6.18 Å². The summed E-state index contributed by atoms with van der Waals surface area (Å²) in [5.74, 6) is -0.313. The molecule has 0 aliphatic carbocycles. The van der Waals surface area contributed by atoms with Gasteiger partial charge in [0.15, 0.2) is 6.73 Å². The first-order valence-corrected chi connectivity index (χ1v) is 9.35. The van der Waals surface area contributed by atoms with Gasteiger partial charge in [0, 0.05) is 24.0 Å². The van der Waals surface area contributed by atoms with Crippen LogP contribution in [-0.4, -0.2) is 25.5 Å². The molecular weight excluding hydrogens is 399 g/mol. The average Bonchev–Trinajstić information content (AvgIpc) is 3.32. The Morgan fingerprint density at radius 3 is 2.73 bits per heavy atom. The number of ether oxygens (including phenoxy) is 1. The molecule has 3 aromatic rings. The highest BCUT2D eigenvalue weighted by Gasteiger charge is 2.30. The van der Waals surface area contributed by atoms with E-state index in [4.69, 9.17) is 4.74 Å². The maximum atomic E-state index is 12.8. The molecule has 1 unspecified atom stereocenters. The Kier molecular flexibility index (Phi) is 6.14. The number of nitrogens with zero attached hydrogens (tertiary/aromatic N) is 4. The smallest absolute Gasteiger partial charge is 0.416 e. The quantitative estimate of drug-likeness (QED) is 0.627. The molecule has 0 aliphatic heterocycles. The zero-order chi connectivity index (χ0) is 21.9. The Balaban J connectivity index is 1.60. The van der Waals surface area contributed by atoms with E-state index in [0.717, 1.165) is 29.9 Å². The Morgan fingerprint density at radius 2 is 2.07 bits per heavy atom. The summed E-state index contributed by atoms with van der Waals surface area (Å²) in [7, 11) is 0. The van der Waals surface area contributed by atoms with E-state index in [9.17, 15) is 18.0 Å². The Labute approximate surface area is 171 Å². The van der Waals surface area contributed by atoms with E-state index in [1.807, 2.05) is 25.5 Å². The molecule has 1 amide bonds. The van der Waals surface area contributed by atoms with Crippen LogP contribution in [0, 0.1) is 6.92 Å². The maximum absolute atomic E-state index is 12.8. The number of nitrogens with one attached hydrogen (secondary N) is 1. The molecule has 30 heavy (non-hydrogen) atoms. The van der Waals surface area contributed by atoms with Crippen molar-refractivity contribution >= 4 is 5.91 Å². The highest BCUT2D eigenvalue weighted by atomic mass is 19.4. The summed E-state index contributed by atoms with van der Waals surface area (Å²) in [6.45, 7) is 6.39. The topological polar surface area (TPSA) is 74.0 Å². The van der Waals surface area contributed by atoms with Gasteiger partial charge in [0.2, 0.25) is 0 Å². The van der Waals surface area contributed by atoms with Crippen molar-refractivity contribution in [3.8, 4) is 5.75 Å². The van der Waals surface area contributed by atoms with E-state index in [-0.39, 0.29) is 30.1 Å². The van der Waals surface area contributed by atoms with Gasteiger partial charge in [-0.25, -0.2) is 4.68 Å². The van der Waals surface area contributed by atoms with Crippen molar-refractivity contribution in [3.05, 3.63) is 65.2 Å². The van der Waals surface area contributed by atoms with Gasteiger partial charge in [0.25, 0.3) is 5.91 Å². The molecule has 10 heteroatoms. The second-order valence-corrected chi connectivity index (χ2v) is 6.74. The zero-order valence-corrected chi connectivity index (χ0v) is 16.8. The van der Waals surface area contributed by atoms with Gasteiger partial charge in [-0.1, -0.05) is 6.07 Å². The van der Waals surface area contributed by atoms with Gasteiger partial charge in [-0.05, 0) is 45.0 Å². The Hall–Kier alpha value is -3.30. The number of hydrogen-bond acceptors (Lipinski definition) is 4. The van der Waals surface area contributed by atoms with Crippen LogP contribution >= 0.6 is 0 Å². The van der Waals surface area contributed by atoms with E-state index in [0.29, 0.717) is 0 Å². The summed E-state index contributed by atoms with van der Waals surface area (Å²) >= 11 is 0. The number of carbonyl (C=O) groups is 1. The summed E-state index contributed by atoms with van der Waals surface area (Å²) in [6, 6.07) is 5.83. The molecule has 1 aromatic carbocycles. The van der Waals surface area contributed by atoms with Crippen LogP contribution in [0.1, 0.15) is 47.2 Å². The predicted octanol–water partition coefficient (Wildman–Crippen LogP) is 3.95. The van der Waals surface area contributed by atoms with Crippen molar-refractivity contribution in [1.29, 1.82) is 0 Å². The molecule has 0 bridgehead atoms. The minimum Gasteiger partial charge on any atom is -0.471 e. The number of benzene rings is 1. The highest BCUT2D eigenvalue weighted by Crippen LogP contribution is 2.31. The Morgan fingerprint density at radius 1 is 1.30 bits per heavy atom. The second-order valence-electron chi connectivity index (χ2n) is 6.74. The minimum absolute atomic E-state index is 0.0587. The fourth-order valence-electron chi connectivity index (χ4n) is 3.01. The molecule has 0 saturated carbocycles. The molecule has 1 atom stereocenters. The molecule has 1 N–H and O–H groups in total. The lowest BCUT2D eigenvalue weighted by atomic mass is 10.1. The summed E-state index contributed by atoms with van der Waals surface area (Å²) in [6.07, 6.45) is -1.20. The van der Waals surface area contributed by atoms with Crippen LogP contribution in [-0.2, 0) is 19.5 Å². The summed E-state index contributed by atoms with van der Waals surface area (Å²) in [4.78, 5) is 12.5. The molecule has 3 rings (SSSR count). The van der Waals surface area contributed by atoms with Crippen molar-refractivity contribution in [2.75, 3.05) is 0 Å². The lowest BCUT2D eigenvalue weighted by Gasteiger charge is -2.13. The SMILES string of the molecule is CCn1ncc(C(C)NC(=O)c2ccn(COc3cccc(C(F)(F)F)c3)n2)c1C. The van der Waals surface area contributed by atoms with Gasteiger partial charge in [-0.2, -0.15) is 23.4 Å². The van der Waals surface area contributed by atoms with Crippen LogP contribution in [0.15, 0.2) is 42.7 Å². The number of amides is 1. The van der Waals surface area contributed by atoms with Crippen molar-refractivity contribution in [3.63, 3.8) is 0 Å². The number of aromatic nitrogens is 4. The number of hydrogen-bond donors (Lipinski definition) is 1. The van der Waals surface area contributed by atoms with Crippen molar-refractivity contribution < 1.29 is 22.7 Å². The summed E-state index contributed by atoms with van der Waals surface area (Å²) < 4.78 is 46.9. The zero-order valence-electron chi connectivity index (χ0n) is 16.8. The van der Waals surface area contributed by atoms with Gasteiger partial charge in [0.1, 0.15) is 11.4 Å². The monoisotopic (exact) mass is 421 g/mol. The van der Waals surface area contributed by atoms with Crippen LogP contribution in [0.4, 0.5) is 13.2 Å². The van der Waals surface area contributed by atoms with Crippen LogP contribution in [0.3, 0.4) is 0 Å². The number of aryl methyl sites for hydroxylation is 1. The van der Waals surface area contributed by atoms with E-state index < -0.39 is 11.7 Å². The fourth-order valence-corrected chi connectivity index (χ4v) is 3.01. The van der Waals surface area contributed by atoms with E-state index in [1.165, 1.54) is 29.1 Å². The first kappa shape index (κ1) is 21.4. The molecule has 2 heterocycles. The van der Waals surface area contributed by atoms with Gasteiger partial charge in [-0.3, -0.25) is 9.48 Å². The van der Waals surface area contributed by atoms with Crippen LogP contribution < -0.4 is 10.1 Å². The molecule has 0 fully saturated rings. The lowest BCUT2D eigenvalue weighted by Crippen LogP contribution is -2.27. The maximum Gasteiger partial charge on any atom is 0.416 e. The van der Waals surface area contributed by atoms with Gasteiger partial charge in [-0.15, -0.1) is 0 Å². The molecule has 0 aliphatic rings. The van der Waals surface area contributed by atoms with E-state index >= 15 is 0 Å². The van der Waals surface area contributed by atoms with Crippen molar-refractivity contribution in [2.24, 2.45) is 0 Å². The number of carbonyl (C=O) groups excluding carboxylic acids is 1. The first-order chi connectivity index (χ1) is 14.2. The second kappa shape index (κ2) is 8.60. The first-order valence-electron chi connectivity index (χ1n) is 9.35. The third-order valence-corrected chi connectivity index (χ3v) is 4.65. The molecule has 7 nitrogen and oxygen atoms in total. The minimum atomic E-state index is -4.45. The van der Waals surface area contributed by atoms with Gasteiger partial charge < -0.3 is 10.1 Å². The third-order valence-electron chi connectivity index (χ3n) is 4.65. The number of alkyl halides is 3. The Bertz CT molecular complexity index is 1030.